The van der Waals surface area contributed by atoms with Crippen molar-refractivity contribution in [2.24, 2.45) is 5.92 Å². The topological polar surface area (TPSA) is 86.6 Å². The van der Waals surface area contributed by atoms with Crippen molar-refractivity contribution in [3.8, 4) is 5.75 Å². The molecule has 0 saturated carbocycles. The number of rotatable bonds is 6. The summed E-state index contributed by atoms with van der Waals surface area (Å²) >= 11 is 11.5. The number of hydrogen-bond donors (Lipinski definition) is 3. The van der Waals surface area contributed by atoms with Gasteiger partial charge in [-0.05, 0) is 37.0 Å². The van der Waals surface area contributed by atoms with Crippen molar-refractivity contribution >= 4 is 40.8 Å². The standard InChI is InChI=1S/C15H19Cl2NO4/c1-8(2)4-9-5-10(6-11(13(9)20)14(21)22)18-12(19)7-15(3,16)17/h5-6,8,20H,4,7H2,1-3H3,(H,18,19)(H,21,22). The molecule has 0 atom stereocenters. The molecule has 1 rings (SSSR count). The zero-order valence-electron chi connectivity index (χ0n) is 12.6. The van der Waals surface area contributed by atoms with E-state index in [1.165, 1.54) is 13.0 Å². The van der Waals surface area contributed by atoms with E-state index in [2.05, 4.69) is 5.32 Å². The van der Waals surface area contributed by atoms with Gasteiger partial charge in [-0.1, -0.05) is 13.8 Å². The highest BCUT2D eigenvalue weighted by molar-refractivity contribution is 6.49. The molecular weight excluding hydrogens is 329 g/mol. The number of nitrogens with one attached hydrogen (secondary N) is 1. The first-order valence-electron chi connectivity index (χ1n) is 6.76. The monoisotopic (exact) mass is 347 g/mol. The number of amides is 1. The maximum atomic E-state index is 11.8. The maximum Gasteiger partial charge on any atom is 0.339 e. The molecule has 0 aliphatic rings. The number of hydrogen-bond acceptors (Lipinski definition) is 3. The van der Waals surface area contributed by atoms with Gasteiger partial charge in [0.2, 0.25) is 5.91 Å². The van der Waals surface area contributed by atoms with Crippen LogP contribution >= 0.6 is 23.2 Å². The predicted octanol–water partition coefficient (Wildman–Crippen LogP) is 3.81. The number of halogens is 2. The predicted molar refractivity (Wildman–Crippen MR) is 87.0 cm³/mol. The van der Waals surface area contributed by atoms with Crippen molar-refractivity contribution < 1.29 is 19.8 Å². The zero-order chi connectivity index (χ0) is 17.1. The van der Waals surface area contributed by atoms with Gasteiger partial charge in [0.15, 0.2) is 0 Å². The fourth-order valence-electron chi connectivity index (χ4n) is 2.01. The van der Waals surface area contributed by atoms with Gasteiger partial charge in [0.05, 0.1) is 6.42 Å². The van der Waals surface area contributed by atoms with E-state index >= 15 is 0 Å². The van der Waals surface area contributed by atoms with Gasteiger partial charge in [0, 0.05) is 5.69 Å². The summed E-state index contributed by atoms with van der Waals surface area (Å²) in [4.78, 5) is 23.0. The molecule has 0 saturated heterocycles. The lowest BCUT2D eigenvalue weighted by Gasteiger charge is -2.15. The Hall–Kier alpha value is -1.46. The summed E-state index contributed by atoms with van der Waals surface area (Å²) in [6.07, 6.45) is 0.345. The van der Waals surface area contributed by atoms with Gasteiger partial charge in [-0.15, -0.1) is 23.2 Å². The Balaban J connectivity index is 3.12. The summed E-state index contributed by atoms with van der Waals surface area (Å²) < 4.78 is -1.21. The molecule has 0 spiro atoms. The number of benzene rings is 1. The number of phenols is 1. The van der Waals surface area contributed by atoms with Crippen molar-refractivity contribution in [3.05, 3.63) is 23.3 Å². The molecule has 0 radical (unpaired) electrons. The van der Waals surface area contributed by atoms with E-state index in [4.69, 9.17) is 28.3 Å². The lowest BCUT2D eigenvalue weighted by molar-refractivity contribution is -0.116. The van der Waals surface area contributed by atoms with Crippen LogP contribution in [0.25, 0.3) is 0 Å². The van der Waals surface area contributed by atoms with Gasteiger partial charge in [-0.3, -0.25) is 4.79 Å². The molecule has 5 nitrogen and oxygen atoms in total. The minimum absolute atomic E-state index is 0.140. The molecule has 3 N–H and O–H groups in total. The highest BCUT2D eigenvalue weighted by atomic mass is 35.5. The summed E-state index contributed by atoms with van der Waals surface area (Å²) in [5.74, 6) is -1.77. The summed E-state index contributed by atoms with van der Waals surface area (Å²) in [6.45, 7) is 5.37. The molecule has 0 heterocycles. The zero-order valence-corrected chi connectivity index (χ0v) is 14.1. The van der Waals surface area contributed by atoms with E-state index in [0.29, 0.717) is 12.0 Å². The number of anilines is 1. The Morgan fingerprint density at radius 1 is 1.32 bits per heavy atom. The van der Waals surface area contributed by atoms with Crippen LogP contribution in [-0.2, 0) is 11.2 Å². The summed E-state index contributed by atoms with van der Waals surface area (Å²) in [6, 6.07) is 2.76. The molecule has 0 fully saturated rings. The highest BCUT2D eigenvalue weighted by Gasteiger charge is 2.22. The first-order valence-corrected chi connectivity index (χ1v) is 7.52. The lowest BCUT2D eigenvalue weighted by atomic mass is 9.98. The minimum atomic E-state index is -1.27. The quantitative estimate of drug-likeness (QED) is 0.539. The van der Waals surface area contributed by atoms with Crippen LogP contribution in [0.15, 0.2) is 12.1 Å². The van der Waals surface area contributed by atoms with Crippen LogP contribution in [-0.4, -0.2) is 26.4 Å². The Morgan fingerprint density at radius 3 is 2.36 bits per heavy atom. The van der Waals surface area contributed by atoms with Gasteiger partial charge < -0.3 is 15.5 Å². The van der Waals surface area contributed by atoms with E-state index in [9.17, 15) is 14.7 Å². The molecule has 22 heavy (non-hydrogen) atoms. The third-order valence-electron chi connectivity index (χ3n) is 2.80. The number of alkyl halides is 2. The van der Waals surface area contributed by atoms with Gasteiger partial charge in [0.25, 0.3) is 0 Å². The second-order valence-corrected chi connectivity index (χ2v) is 7.59. The third-order valence-corrected chi connectivity index (χ3v) is 3.07. The molecule has 0 unspecified atom stereocenters. The molecular formula is C15H19Cl2NO4. The van der Waals surface area contributed by atoms with Crippen molar-refractivity contribution in [2.45, 2.75) is 37.9 Å². The van der Waals surface area contributed by atoms with Gasteiger partial charge in [-0.2, -0.15) is 0 Å². The van der Waals surface area contributed by atoms with E-state index in [1.807, 2.05) is 13.8 Å². The summed E-state index contributed by atoms with van der Waals surface area (Å²) in [5.41, 5.74) is 0.492. The number of carboxylic acids is 1. The smallest absolute Gasteiger partial charge is 0.339 e. The van der Waals surface area contributed by atoms with Crippen molar-refractivity contribution in [1.82, 2.24) is 0 Å². The molecule has 1 amide bonds. The van der Waals surface area contributed by atoms with Crippen LogP contribution in [0.1, 0.15) is 43.1 Å². The first kappa shape index (κ1) is 18.6. The average Bonchev–Trinajstić information content (AvgIpc) is 2.29. The highest BCUT2D eigenvalue weighted by Crippen LogP contribution is 2.30. The van der Waals surface area contributed by atoms with E-state index in [1.54, 1.807) is 6.07 Å². The number of aromatic carboxylic acids is 1. The Labute approximate surface area is 139 Å². The van der Waals surface area contributed by atoms with Gasteiger partial charge >= 0.3 is 5.97 Å². The molecule has 122 valence electrons. The first-order chi connectivity index (χ1) is 9.99. The van der Waals surface area contributed by atoms with E-state index in [0.717, 1.165) is 0 Å². The Morgan fingerprint density at radius 2 is 1.91 bits per heavy atom. The molecule has 7 heteroatoms. The normalized spacial score (nSPS) is 11.5. The third kappa shape index (κ3) is 5.73. The summed E-state index contributed by atoms with van der Waals surface area (Å²) in [5, 5.41) is 21.7. The van der Waals surface area contributed by atoms with E-state index < -0.39 is 16.2 Å². The van der Waals surface area contributed by atoms with Crippen LogP contribution in [0, 0.1) is 5.92 Å². The summed E-state index contributed by atoms with van der Waals surface area (Å²) in [7, 11) is 0. The van der Waals surface area contributed by atoms with Crippen molar-refractivity contribution in [1.29, 1.82) is 0 Å². The van der Waals surface area contributed by atoms with Crippen molar-refractivity contribution in [2.75, 3.05) is 5.32 Å². The SMILES string of the molecule is CC(C)Cc1cc(NC(=O)CC(C)(Cl)Cl)cc(C(=O)O)c1O. The largest absolute Gasteiger partial charge is 0.507 e. The molecule has 1 aromatic rings. The number of carboxylic acid groups (broad SMARTS) is 1. The second-order valence-electron chi connectivity index (χ2n) is 5.73. The average molecular weight is 348 g/mol. The lowest BCUT2D eigenvalue weighted by Crippen LogP contribution is -2.21. The number of carbonyl (C=O) groups is 2. The Kier molecular flexibility index (Phi) is 6.08. The van der Waals surface area contributed by atoms with Crippen LogP contribution < -0.4 is 5.32 Å². The second kappa shape index (κ2) is 7.20. The minimum Gasteiger partial charge on any atom is -0.507 e. The van der Waals surface area contributed by atoms with Crippen molar-refractivity contribution in [3.63, 3.8) is 0 Å². The fourth-order valence-corrected chi connectivity index (χ4v) is 2.26. The fraction of sp³-hybridized carbons (Fsp3) is 0.467. The van der Waals surface area contributed by atoms with Crippen LogP contribution in [0.2, 0.25) is 0 Å². The van der Waals surface area contributed by atoms with Gasteiger partial charge in [-0.25, -0.2) is 4.79 Å². The molecule has 0 bridgehead atoms. The maximum absolute atomic E-state index is 11.8. The molecule has 0 aliphatic carbocycles. The molecule has 0 aliphatic heterocycles. The van der Waals surface area contributed by atoms with Gasteiger partial charge in [0.1, 0.15) is 15.6 Å². The molecule has 0 aromatic heterocycles. The van der Waals surface area contributed by atoms with Crippen LogP contribution in [0.5, 0.6) is 5.75 Å². The van der Waals surface area contributed by atoms with Crippen LogP contribution in [0.4, 0.5) is 5.69 Å². The molecule has 1 aromatic carbocycles. The number of aromatic hydroxyl groups is 1. The Bertz CT molecular complexity index is 580. The number of carbonyl (C=O) groups excluding carboxylic acids is 1. The van der Waals surface area contributed by atoms with E-state index in [-0.39, 0.29) is 29.3 Å². The van der Waals surface area contributed by atoms with Crippen LogP contribution in [0.3, 0.4) is 0 Å².